The zero-order valence-corrected chi connectivity index (χ0v) is 17.8. The van der Waals surface area contributed by atoms with Crippen LogP contribution < -0.4 is 16.0 Å². The van der Waals surface area contributed by atoms with Gasteiger partial charge >= 0.3 is 6.09 Å². The molecule has 0 aliphatic rings. The Hall–Kier alpha value is -2.58. The third-order valence-electron chi connectivity index (χ3n) is 4.20. The number of aromatic nitrogens is 2. The number of nitrogens with zero attached hydrogens (tertiary/aromatic N) is 2. The molecule has 1 atom stereocenters. The Morgan fingerprint density at radius 3 is 2.55 bits per heavy atom. The van der Waals surface area contributed by atoms with Crippen LogP contribution in [0.3, 0.4) is 0 Å². The molecular weight excluding hydrogens is 417 g/mol. The first kappa shape index (κ1) is 22.7. The normalized spacial score (nSPS) is 12.2. The van der Waals surface area contributed by atoms with Crippen LogP contribution in [-0.4, -0.2) is 39.7 Å². The molecule has 0 saturated carbocycles. The number of nitrogens with one attached hydrogen (secondary N) is 3. The van der Waals surface area contributed by atoms with Crippen LogP contribution in [0.5, 0.6) is 0 Å². The largest absolute Gasteiger partial charge is 0.465 e. The number of halogens is 2. The maximum absolute atomic E-state index is 12.7. The Labute approximate surface area is 179 Å². The second kappa shape index (κ2) is 9.76. The van der Waals surface area contributed by atoms with Crippen molar-refractivity contribution in [1.82, 2.24) is 20.6 Å². The lowest BCUT2D eigenvalue weighted by molar-refractivity contribution is 0.0950. The minimum atomic E-state index is -1.09. The van der Waals surface area contributed by atoms with Gasteiger partial charge in [0.25, 0.3) is 5.91 Å². The second-order valence-corrected chi connectivity index (χ2v) is 8.16. The molecule has 2 aromatic rings. The highest BCUT2D eigenvalue weighted by molar-refractivity contribution is 6.33. The highest BCUT2D eigenvalue weighted by atomic mass is 35.5. The molecule has 0 spiro atoms. The van der Waals surface area contributed by atoms with Crippen molar-refractivity contribution in [3.63, 3.8) is 0 Å². The molecule has 0 aliphatic carbocycles. The van der Waals surface area contributed by atoms with Gasteiger partial charge in [-0.25, -0.2) is 9.78 Å². The Bertz CT molecular complexity index is 886. The number of anilines is 2. The summed E-state index contributed by atoms with van der Waals surface area (Å²) in [4.78, 5) is 31.5. The van der Waals surface area contributed by atoms with Gasteiger partial charge in [-0.05, 0) is 35.6 Å². The Morgan fingerprint density at radius 2 is 1.90 bits per heavy atom. The number of carboxylic acid groups (broad SMARTS) is 1. The number of hydrogen-bond donors (Lipinski definition) is 4. The topological polar surface area (TPSA) is 116 Å². The van der Waals surface area contributed by atoms with E-state index in [0.29, 0.717) is 24.2 Å². The van der Waals surface area contributed by atoms with Crippen molar-refractivity contribution in [2.24, 2.45) is 5.41 Å². The first-order valence-corrected chi connectivity index (χ1v) is 9.65. The van der Waals surface area contributed by atoms with Crippen molar-refractivity contribution in [2.75, 3.05) is 11.9 Å². The van der Waals surface area contributed by atoms with Gasteiger partial charge in [-0.1, -0.05) is 44.5 Å². The van der Waals surface area contributed by atoms with Crippen LogP contribution in [0.15, 0.2) is 30.5 Å². The van der Waals surface area contributed by atoms with Crippen LogP contribution in [0.1, 0.15) is 37.6 Å². The van der Waals surface area contributed by atoms with Gasteiger partial charge in [0, 0.05) is 12.6 Å². The minimum Gasteiger partial charge on any atom is -0.465 e. The molecular formula is C19H23Cl2N5O3. The van der Waals surface area contributed by atoms with Crippen molar-refractivity contribution in [1.29, 1.82) is 0 Å². The maximum atomic E-state index is 12.7. The number of para-hydroxylation sites is 1. The van der Waals surface area contributed by atoms with Crippen LogP contribution in [0.25, 0.3) is 0 Å². The van der Waals surface area contributed by atoms with E-state index in [1.165, 1.54) is 6.20 Å². The van der Waals surface area contributed by atoms with Crippen molar-refractivity contribution >= 4 is 46.7 Å². The van der Waals surface area contributed by atoms with Crippen molar-refractivity contribution < 1.29 is 14.7 Å². The van der Waals surface area contributed by atoms with E-state index in [2.05, 4.69) is 25.9 Å². The molecule has 2 amide bonds. The highest BCUT2D eigenvalue weighted by Crippen LogP contribution is 2.26. The molecule has 29 heavy (non-hydrogen) atoms. The van der Waals surface area contributed by atoms with Crippen LogP contribution in [0.4, 0.5) is 16.3 Å². The second-order valence-electron chi connectivity index (χ2n) is 7.42. The molecule has 0 radical (unpaired) electrons. The van der Waals surface area contributed by atoms with E-state index in [4.69, 9.17) is 28.3 Å². The van der Waals surface area contributed by atoms with Gasteiger partial charge in [0.2, 0.25) is 5.28 Å². The molecule has 0 fully saturated rings. The molecule has 1 aromatic carbocycles. The Kier molecular flexibility index (Phi) is 7.64. The van der Waals surface area contributed by atoms with E-state index in [1.54, 1.807) is 24.3 Å². The Morgan fingerprint density at radius 1 is 1.21 bits per heavy atom. The smallest absolute Gasteiger partial charge is 0.404 e. The summed E-state index contributed by atoms with van der Waals surface area (Å²) < 4.78 is 0. The summed E-state index contributed by atoms with van der Waals surface area (Å²) in [6.45, 7) is 6.11. The third kappa shape index (κ3) is 6.76. The number of rotatable bonds is 7. The summed E-state index contributed by atoms with van der Waals surface area (Å²) in [5.41, 5.74) is 0.598. The van der Waals surface area contributed by atoms with E-state index >= 15 is 0 Å². The van der Waals surface area contributed by atoms with Gasteiger partial charge in [-0.2, -0.15) is 4.98 Å². The highest BCUT2D eigenvalue weighted by Gasteiger charge is 2.26. The third-order valence-corrected chi connectivity index (χ3v) is 4.66. The molecule has 1 heterocycles. The summed E-state index contributed by atoms with van der Waals surface area (Å²) in [6.07, 6.45) is 0.722. The zero-order valence-electron chi connectivity index (χ0n) is 16.3. The minimum absolute atomic E-state index is 0.0259. The van der Waals surface area contributed by atoms with Gasteiger partial charge in [0.15, 0.2) is 5.82 Å². The van der Waals surface area contributed by atoms with Gasteiger partial charge in [0.1, 0.15) is 5.02 Å². The standard InChI is InChI=1S/C19H23Cl2N5O3/c1-19(2,3)14(25-18(28)29)8-9-22-16(27)11-6-4-5-7-13(11)24-15-12(20)10-23-17(21)26-15/h4-7,10,14,25H,8-9H2,1-3H3,(H,22,27)(H,28,29)(H,23,24,26). The van der Waals surface area contributed by atoms with Crippen LogP contribution in [-0.2, 0) is 0 Å². The van der Waals surface area contributed by atoms with Crippen LogP contribution in [0, 0.1) is 5.41 Å². The lowest BCUT2D eigenvalue weighted by atomic mass is 9.85. The summed E-state index contributed by atoms with van der Waals surface area (Å²) in [5.74, 6) is -0.0299. The monoisotopic (exact) mass is 439 g/mol. The molecule has 10 heteroatoms. The summed E-state index contributed by atoms with van der Waals surface area (Å²) in [5, 5.41) is 17.6. The molecule has 2 rings (SSSR count). The van der Waals surface area contributed by atoms with Crippen molar-refractivity contribution in [2.45, 2.75) is 33.2 Å². The number of carbonyl (C=O) groups is 2. The summed E-state index contributed by atoms with van der Waals surface area (Å²) in [7, 11) is 0. The molecule has 8 nitrogen and oxygen atoms in total. The summed E-state index contributed by atoms with van der Waals surface area (Å²) in [6, 6.07) is 6.56. The zero-order chi connectivity index (χ0) is 21.6. The Balaban J connectivity index is 2.08. The van der Waals surface area contributed by atoms with Gasteiger partial charge in [-0.3, -0.25) is 4.79 Å². The summed E-state index contributed by atoms with van der Waals surface area (Å²) >= 11 is 11.9. The SMILES string of the molecule is CC(C)(C)C(CCNC(=O)c1ccccc1Nc1nc(Cl)ncc1Cl)NC(=O)O. The number of benzene rings is 1. The first-order valence-electron chi connectivity index (χ1n) is 8.89. The van der Waals surface area contributed by atoms with Crippen LogP contribution in [0.2, 0.25) is 10.3 Å². The average Bonchev–Trinajstić information content (AvgIpc) is 2.63. The molecule has 4 N–H and O–H groups in total. The fourth-order valence-electron chi connectivity index (χ4n) is 2.65. The molecule has 0 bridgehead atoms. The number of carbonyl (C=O) groups excluding carboxylic acids is 1. The molecule has 1 aromatic heterocycles. The van der Waals surface area contributed by atoms with E-state index in [-0.39, 0.29) is 33.5 Å². The fraction of sp³-hybridized carbons (Fsp3) is 0.368. The van der Waals surface area contributed by atoms with Crippen molar-refractivity contribution in [3.05, 3.63) is 46.3 Å². The van der Waals surface area contributed by atoms with Crippen molar-refractivity contribution in [3.8, 4) is 0 Å². The first-order chi connectivity index (χ1) is 13.6. The van der Waals surface area contributed by atoms with Gasteiger partial charge in [-0.15, -0.1) is 0 Å². The van der Waals surface area contributed by atoms with Crippen LogP contribution >= 0.6 is 23.2 Å². The van der Waals surface area contributed by atoms with E-state index in [0.717, 1.165) is 0 Å². The van der Waals surface area contributed by atoms with E-state index in [9.17, 15) is 9.59 Å². The predicted molar refractivity (Wildman–Crippen MR) is 113 cm³/mol. The molecule has 0 saturated heterocycles. The number of hydrogen-bond acceptors (Lipinski definition) is 5. The van der Waals surface area contributed by atoms with E-state index in [1.807, 2.05) is 20.8 Å². The lowest BCUT2D eigenvalue weighted by Gasteiger charge is -2.30. The van der Waals surface area contributed by atoms with E-state index < -0.39 is 6.09 Å². The molecule has 1 unspecified atom stereocenters. The van der Waals surface area contributed by atoms with Gasteiger partial charge < -0.3 is 21.1 Å². The predicted octanol–water partition coefficient (Wildman–Crippen LogP) is 4.33. The average molecular weight is 440 g/mol. The lowest BCUT2D eigenvalue weighted by Crippen LogP contribution is -2.45. The number of amides is 2. The quantitative estimate of drug-likeness (QED) is 0.477. The molecule has 156 valence electrons. The fourth-order valence-corrected chi connectivity index (χ4v) is 2.92. The maximum Gasteiger partial charge on any atom is 0.404 e. The van der Waals surface area contributed by atoms with Gasteiger partial charge in [0.05, 0.1) is 17.4 Å². The molecule has 0 aliphatic heterocycles.